The minimum Gasteiger partial charge on any atom is -0.321 e. The smallest absolute Gasteiger partial charge is 0.249 e. The number of carbonyl (C=O) groups is 3. The third kappa shape index (κ3) is 3.04. The second kappa shape index (κ2) is 5.86. The molecule has 0 radical (unpaired) electrons. The third-order valence-electron chi connectivity index (χ3n) is 3.40. The normalized spacial score (nSPS) is 18.9. The van der Waals surface area contributed by atoms with Crippen LogP contribution in [-0.4, -0.2) is 35.2 Å². The zero-order valence-corrected chi connectivity index (χ0v) is 11.7. The van der Waals surface area contributed by atoms with Crippen LogP contribution in [0.25, 0.3) is 0 Å². The first kappa shape index (κ1) is 14.2. The summed E-state index contributed by atoms with van der Waals surface area (Å²) < 4.78 is 0. The number of aryl methyl sites for hydroxylation is 1. The lowest BCUT2D eigenvalue weighted by atomic mass is 10.1. The molecule has 1 N–H and O–H groups in total. The van der Waals surface area contributed by atoms with Crippen molar-refractivity contribution in [2.24, 2.45) is 0 Å². The molecule has 1 fully saturated rings. The average molecular weight is 274 g/mol. The minimum atomic E-state index is -0.551. The van der Waals surface area contributed by atoms with Gasteiger partial charge in [0.15, 0.2) is 0 Å². The zero-order chi connectivity index (χ0) is 14.7. The van der Waals surface area contributed by atoms with Gasteiger partial charge in [-0.1, -0.05) is 36.8 Å². The maximum absolute atomic E-state index is 12.3. The monoisotopic (exact) mass is 274 g/mol. The van der Waals surface area contributed by atoms with Crippen molar-refractivity contribution in [1.82, 2.24) is 10.2 Å². The number of piperazine rings is 1. The molecule has 2 rings (SSSR count). The van der Waals surface area contributed by atoms with Crippen molar-refractivity contribution in [3.05, 3.63) is 35.4 Å². The Bertz CT molecular complexity index is 554. The van der Waals surface area contributed by atoms with Crippen LogP contribution in [0.2, 0.25) is 0 Å². The second-order valence-electron chi connectivity index (χ2n) is 5.02. The van der Waals surface area contributed by atoms with Crippen LogP contribution in [-0.2, 0) is 20.8 Å². The third-order valence-corrected chi connectivity index (χ3v) is 3.40. The number of nitrogens with zero attached hydrogens (tertiary/aromatic N) is 1. The summed E-state index contributed by atoms with van der Waals surface area (Å²) in [7, 11) is 0. The maximum atomic E-state index is 12.3. The molecule has 0 bridgehead atoms. The first-order chi connectivity index (χ1) is 9.51. The van der Waals surface area contributed by atoms with Gasteiger partial charge in [-0.2, -0.15) is 0 Å². The van der Waals surface area contributed by atoms with E-state index in [4.69, 9.17) is 0 Å². The van der Waals surface area contributed by atoms with Crippen molar-refractivity contribution < 1.29 is 14.4 Å². The molecular weight excluding hydrogens is 256 g/mol. The van der Waals surface area contributed by atoms with E-state index in [-0.39, 0.29) is 24.8 Å². The van der Waals surface area contributed by atoms with Crippen LogP contribution < -0.4 is 5.32 Å². The fraction of sp³-hybridized carbons (Fsp3) is 0.400. The van der Waals surface area contributed by atoms with Crippen LogP contribution in [0.5, 0.6) is 0 Å². The van der Waals surface area contributed by atoms with Gasteiger partial charge in [0.1, 0.15) is 12.6 Å². The summed E-state index contributed by atoms with van der Waals surface area (Å²) in [5.74, 6) is -0.996. The molecule has 1 saturated heterocycles. The Kier molecular flexibility index (Phi) is 4.17. The lowest BCUT2D eigenvalue weighted by Gasteiger charge is -2.33. The zero-order valence-electron chi connectivity index (χ0n) is 11.7. The Morgan fingerprint density at radius 3 is 2.80 bits per heavy atom. The predicted molar refractivity (Wildman–Crippen MR) is 73.8 cm³/mol. The van der Waals surface area contributed by atoms with E-state index in [0.717, 1.165) is 11.1 Å². The summed E-state index contributed by atoms with van der Waals surface area (Å²) in [6.45, 7) is 3.74. The maximum Gasteiger partial charge on any atom is 0.249 e. The molecule has 1 aromatic carbocycles. The molecule has 1 aromatic rings. The lowest BCUT2D eigenvalue weighted by Crippen LogP contribution is -2.59. The number of rotatable bonds is 3. The molecule has 20 heavy (non-hydrogen) atoms. The summed E-state index contributed by atoms with van der Waals surface area (Å²) in [6.07, 6.45) is 0.706. The average Bonchev–Trinajstić information content (AvgIpc) is 2.37. The topological polar surface area (TPSA) is 66.5 Å². The highest BCUT2D eigenvalue weighted by molar-refractivity contribution is 6.04. The Balaban J connectivity index is 2.14. The summed E-state index contributed by atoms with van der Waals surface area (Å²) in [5.41, 5.74) is 1.97. The molecule has 0 aliphatic carbocycles. The first-order valence-electron chi connectivity index (χ1n) is 6.70. The standard InChI is InChI=1S/C15H18N2O3/c1-3-12-15(20)16-13(18)9-17(12)14(19)8-11-6-4-5-10(2)7-11/h4-7,12H,3,8-9H2,1-2H3,(H,16,18,20). The molecule has 0 aromatic heterocycles. The van der Waals surface area contributed by atoms with Gasteiger partial charge < -0.3 is 4.90 Å². The first-order valence-corrected chi connectivity index (χ1v) is 6.70. The SMILES string of the molecule is CCC1C(=O)NC(=O)CN1C(=O)Cc1cccc(C)c1. The number of imide groups is 1. The van der Waals surface area contributed by atoms with Gasteiger partial charge in [0.2, 0.25) is 17.7 Å². The van der Waals surface area contributed by atoms with E-state index >= 15 is 0 Å². The Labute approximate surface area is 118 Å². The lowest BCUT2D eigenvalue weighted by molar-refractivity contribution is -0.149. The Hall–Kier alpha value is -2.17. The van der Waals surface area contributed by atoms with Crippen LogP contribution in [0, 0.1) is 6.92 Å². The summed E-state index contributed by atoms with van der Waals surface area (Å²) in [4.78, 5) is 36.9. The Morgan fingerprint density at radius 2 is 2.15 bits per heavy atom. The molecule has 106 valence electrons. The Morgan fingerprint density at radius 1 is 1.40 bits per heavy atom. The molecule has 0 saturated carbocycles. The van der Waals surface area contributed by atoms with Crippen molar-refractivity contribution in [1.29, 1.82) is 0 Å². The highest BCUT2D eigenvalue weighted by Crippen LogP contribution is 2.13. The summed E-state index contributed by atoms with van der Waals surface area (Å²) >= 11 is 0. The number of carbonyl (C=O) groups excluding carboxylic acids is 3. The van der Waals surface area contributed by atoms with Gasteiger partial charge in [0.25, 0.3) is 0 Å². The van der Waals surface area contributed by atoms with Gasteiger partial charge in [-0.05, 0) is 18.9 Å². The minimum absolute atomic E-state index is 0.0467. The highest BCUT2D eigenvalue weighted by Gasteiger charge is 2.35. The van der Waals surface area contributed by atoms with E-state index in [1.807, 2.05) is 38.1 Å². The molecule has 5 heteroatoms. The van der Waals surface area contributed by atoms with Gasteiger partial charge >= 0.3 is 0 Å². The largest absolute Gasteiger partial charge is 0.321 e. The number of hydrogen-bond donors (Lipinski definition) is 1. The number of nitrogens with one attached hydrogen (secondary N) is 1. The molecule has 1 aliphatic heterocycles. The number of benzene rings is 1. The van der Waals surface area contributed by atoms with Gasteiger partial charge in [0, 0.05) is 0 Å². The quantitative estimate of drug-likeness (QED) is 0.829. The van der Waals surface area contributed by atoms with Crippen LogP contribution >= 0.6 is 0 Å². The summed E-state index contributed by atoms with van der Waals surface area (Å²) in [5, 5.41) is 2.27. The van der Waals surface area contributed by atoms with Crippen molar-refractivity contribution in [2.75, 3.05) is 6.54 Å². The molecule has 1 atom stereocenters. The molecule has 5 nitrogen and oxygen atoms in total. The molecule has 1 unspecified atom stereocenters. The van der Waals surface area contributed by atoms with Gasteiger partial charge in [-0.3, -0.25) is 19.7 Å². The highest BCUT2D eigenvalue weighted by atomic mass is 16.2. The summed E-state index contributed by atoms with van der Waals surface area (Å²) in [6, 6.07) is 7.11. The van der Waals surface area contributed by atoms with Crippen molar-refractivity contribution in [2.45, 2.75) is 32.7 Å². The van der Waals surface area contributed by atoms with E-state index in [0.29, 0.717) is 6.42 Å². The molecule has 1 aliphatic rings. The van der Waals surface area contributed by atoms with Gasteiger partial charge in [-0.15, -0.1) is 0 Å². The molecular formula is C15H18N2O3. The molecule has 0 spiro atoms. The van der Waals surface area contributed by atoms with E-state index < -0.39 is 11.9 Å². The van der Waals surface area contributed by atoms with E-state index in [1.54, 1.807) is 0 Å². The van der Waals surface area contributed by atoms with Crippen molar-refractivity contribution >= 4 is 17.7 Å². The van der Waals surface area contributed by atoms with Crippen LogP contribution in [0.15, 0.2) is 24.3 Å². The van der Waals surface area contributed by atoms with Crippen LogP contribution in [0.4, 0.5) is 0 Å². The second-order valence-corrected chi connectivity index (χ2v) is 5.02. The fourth-order valence-corrected chi connectivity index (χ4v) is 2.43. The van der Waals surface area contributed by atoms with Gasteiger partial charge in [0.05, 0.1) is 6.42 Å². The van der Waals surface area contributed by atoms with Crippen molar-refractivity contribution in [3.8, 4) is 0 Å². The van der Waals surface area contributed by atoms with Crippen LogP contribution in [0.3, 0.4) is 0 Å². The van der Waals surface area contributed by atoms with Crippen molar-refractivity contribution in [3.63, 3.8) is 0 Å². The molecule has 3 amide bonds. The number of amides is 3. The predicted octanol–water partition coefficient (Wildman–Crippen LogP) is 0.801. The molecule has 1 heterocycles. The van der Waals surface area contributed by atoms with Crippen LogP contribution in [0.1, 0.15) is 24.5 Å². The van der Waals surface area contributed by atoms with E-state index in [2.05, 4.69) is 5.32 Å². The van der Waals surface area contributed by atoms with Gasteiger partial charge in [-0.25, -0.2) is 0 Å². The number of hydrogen-bond acceptors (Lipinski definition) is 3. The van der Waals surface area contributed by atoms with E-state index in [9.17, 15) is 14.4 Å². The van der Waals surface area contributed by atoms with E-state index in [1.165, 1.54) is 4.90 Å². The fourth-order valence-electron chi connectivity index (χ4n) is 2.43.